The third-order valence-corrected chi connectivity index (χ3v) is 13.8. The summed E-state index contributed by atoms with van der Waals surface area (Å²) in [5.41, 5.74) is 2.12. The summed E-state index contributed by atoms with van der Waals surface area (Å²) in [4.78, 5) is 20.7. The molecule has 52 heavy (non-hydrogen) atoms. The SMILES string of the molecule is CCCCCCCCCCCCS(=O)(=O)c1ccc(C2=NC(=O)c3c(-c4ccc(S(=O)(=O)CCCCCCCCCCCC)cc4)[nH]c(O)c32)cc1. The predicted octanol–water partition coefficient (Wildman–Crippen LogP) is 10.8. The number of carbonyl (C=O) groups excluding carboxylic acids is 1. The molecule has 0 aliphatic carbocycles. The third kappa shape index (κ3) is 11.9. The summed E-state index contributed by atoms with van der Waals surface area (Å²) >= 11 is 0. The predicted molar refractivity (Wildman–Crippen MR) is 212 cm³/mol. The number of nitrogens with one attached hydrogen (secondary N) is 1. The summed E-state index contributed by atoms with van der Waals surface area (Å²) in [6.07, 6.45) is 22.6. The number of hydrogen-bond donors (Lipinski definition) is 2. The molecule has 3 aromatic rings. The van der Waals surface area contributed by atoms with Gasteiger partial charge in [-0.3, -0.25) is 4.79 Å². The zero-order chi connectivity index (χ0) is 37.4. The van der Waals surface area contributed by atoms with E-state index in [4.69, 9.17) is 0 Å². The van der Waals surface area contributed by atoms with Crippen molar-refractivity contribution in [1.82, 2.24) is 4.98 Å². The number of H-pyrrole nitrogens is 1. The first-order valence-electron chi connectivity index (χ1n) is 19.8. The second-order valence-electron chi connectivity index (χ2n) is 14.4. The van der Waals surface area contributed by atoms with E-state index in [2.05, 4.69) is 23.8 Å². The standard InChI is InChI=1S/C42H60N2O6S2/c1-3-5-7-9-11-13-15-17-19-21-31-51(47,48)35-27-23-33(24-28-35)39-37-38(42(46)43-39)40(44-41(37)45)34-25-29-36(30-26-34)52(49,50)32-22-20-18-16-14-12-10-8-6-4-2/h23-30,43,46H,3-22,31-32H2,1-2H3. The maximum absolute atomic E-state index is 13.1. The number of amides is 1. The average molecular weight is 753 g/mol. The van der Waals surface area contributed by atoms with E-state index < -0.39 is 25.6 Å². The van der Waals surface area contributed by atoms with Crippen LogP contribution in [0.1, 0.15) is 164 Å². The lowest BCUT2D eigenvalue weighted by Gasteiger charge is -2.07. The van der Waals surface area contributed by atoms with Gasteiger partial charge in [0.15, 0.2) is 25.6 Å². The molecule has 1 amide bonds. The van der Waals surface area contributed by atoms with E-state index in [1.807, 2.05) is 0 Å². The van der Waals surface area contributed by atoms with Crippen molar-refractivity contribution in [3.05, 3.63) is 65.2 Å². The van der Waals surface area contributed by atoms with E-state index in [0.29, 0.717) is 29.7 Å². The van der Waals surface area contributed by atoms with Gasteiger partial charge in [0.1, 0.15) is 0 Å². The second kappa shape index (κ2) is 20.9. The molecule has 0 fully saturated rings. The van der Waals surface area contributed by atoms with Gasteiger partial charge in [0.2, 0.25) is 0 Å². The maximum Gasteiger partial charge on any atom is 0.280 e. The molecule has 1 aliphatic rings. The van der Waals surface area contributed by atoms with Gasteiger partial charge in [-0.15, -0.1) is 0 Å². The summed E-state index contributed by atoms with van der Waals surface area (Å²) in [5, 5.41) is 10.9. The topological polar surface area (TPSA) is 134 Å². The first-order valence-corrected chi connectivity index (χ1v) is 23.1. The quantitative estimate of drug-likeness (QED) is 0.0784. The molecule has 0 saturated carbocycles. The number of benzene rings is 2. The lowest BCUT2D eigenvalue weighted by atomic mass is 10.0. The van der Waals surface area contributed by atoms with Crippen LogP contribution in [0.2, 0.25) is 0 Å². The monoisotopic (exact) mass is 752 g/mol. The Labute approximate surface area is 312 Å². The number of aromatic hydroxyl groups is 1. The van der Waals surface area contributed by atoms with Gasteiger partial charge in [0.25, 0.3) is 5.91 Å². The van der Waals surface area contributed by atoms with Gasteiger partial charge in [-0.1, -0.05) is 154 Å². The highest BCUT2D eigenvalue weighted by atomic mass is 32.2. The van der Waals surface area contributed by atoms with Crippen LogP contribution in [0.3, 0.4) is 0 Å². The molecule has 8 nitrogen and oxygen atoms in total. The molecule has 0 saturated heterocycles. The van der Waals surface area contributed by atoms with Crippen LogP contribution in [0.4, 0.5) is 0 Å². The van der Waals surface area contributed by atoms with Crippen molar-refractivity contribution in [3.63, 3.8) is 0 Å². The number of fused-ring (bicyclic) bond motifs is 1. The van der Waals surface area contributed by atoms with Gasteiger partial charge < -0.3 is 10.1 Å². The van der Waals surface area contributed by atoms with Crippen LogP contribution in [0.5, 0.6) is 5.88 Å². The van der Waals surface area contributed by atoms with Gasteiger partial charge in [0.05, 0.1) is 43.8 Å². The third-order valence-electron chi connectivity index (χ3n) is 10.2. The Bertz CT molecular complexity index is 1810. The molecule has 0 radical (unpaired) electrons. The van der Waals surface area contributed by atoms with Gasteiger partial charge in [-0.25, -0.2) is 21.8 Å². The highest BCUT2D eigenvalue weighted by Crippen LogP contribution is 2.38. The minimum atomic E-state index is -3.45. The molecule has 1 aliphatic heterocycles. The number of nitrogens with zero attached hydrogens (tertiary/aromatic N) is 1. The first kappa shape index (κ1) is 41.5. The van der Waals surface area contributed by atoms with Crippen molar-refractivity contribution in [3.8, 4) is 17.1 Å². The average Bonchev–Trinajstić information content (AvgIpc) is 3.67. The Balaban J connectivity index is 1.30. The van der Waals surface area contributed by atoms with Crippen molar-refractivity contribution >= 4 is 31.3 Å². The van der Waals surface area contributed by atoms with Crippen LogP contribution in [-0.4, -0.2) is 50.1 Å². The van der Waals surface area contributed by atoms with E-state index in [0.717, 1.165) is 38.5 Å². The van der Waals surface area contributed by atoms with Gasteiger partial charge in [-0.2, -0.15) is 0 Å². The number of rotatable bonds is 26. The fraction of sp³-hybridized carbons (Fsp3) is 0.571. The van der Waals surface area contributed by atoms with Crippen molar-refractivity contribution in [2.24, 2.45) is 4.99 Å². The van der Waals surface area contributed by atoms with Gasteiger partial charge in [0, 0.05) is 5.56 Å². The number of aromatic amines is 1. The van der Waals surface area contributed by atoms with Gasteiger partial charge in [-0.05, 0) is 42.7 Å². The molecule has 2 N–H and O–H groups in total. The summed E-state index contributed by atoms with van der Waals surface area (Å²) < 4.78 is 52.1. The number of aromatic nitrogens is 1. The summed E-state index contributed by atoms with van der Waals surface area (Å²) in [5.74, 6) is -0.582. The summed E-state index contributed by atoms with van der Waals surface area (Å²) in [7, 11) is -6.90. The summed E-state index contributed by atoms with van der Waals surface area (Å²) in [6, 6.07) is 12.7. The first-order chi connectivity index (χ1) is 25.1. The molecule has 0 unspecified atom stereocenters. The van der Waals surface area contributed by atoms with E-state index in [1.54, 1.807) is 36.4 Å². The minimum Gasteiger partial charge on any atom is -0.494 e. The number of unbranched alkanes of at least 4 members (excludes halogenated alkanes) is 18. The van der Waals surface area contributed by atoms with Crippen LogP contribution in [0, 0.1) is 0 Å². The second-order valence-corrected chi connectivity index (χ2v) is 18.6. The number of hydrogen-bond acceptors (Lipinski definition) is 6. The van der Waals surface area contributed by atoms with Crippen molar-refractivity contribution in [2.45, 2.75) is 152 Å². The molecule has 0 spiro atoms. The molecule has 2 heterocycles. The Morgan fingerprint density at radius 2 is 0.885 bits per heavy atom. The van der Waals surface area contributed by atoms with Crippen LogP contribution >= 0.6 is 0 Å². The van der Waals surface area contributed by atoms with E-state index in [1.165, 1.54) is 89.2 Å². The smallest absolute Gasteiger partial charge is 0.280 e. The Hall–Kier alpha value is -3.24. The lowest BCUT2D eigenvalue weighted by molar-refractivity contribution is 0.101. The number of carbonyl (C=O) groups is 1. The fourth-order valence-corrected chi connectivity index (χ4v) is 9.76. The van der Waals surface area contributed by atoms with E-state index >= 15 is 0 Å². The van der Waals surface area contributed by atoms with E-state index in [-0.39, 0.29) is 44.0 Å². The van der Waals surface area contributed by atoms with Crippen LogP contribution < -0.4 is 0 Å². The van der Waals surface area contributed by atoms with Crippen molar-refractivity contribution in [2.75, 3.05) is 11.5 Å². The van der Waals surface area contributed by atoms with Crippen LogP contribution in [-0.2, 0) is 19.7 Å². The van der Waals surface area contributed by atoms with Crippen LogP contribution in [0.15, 0.2) is 63.3 Å². The Kier molecular flexibility index (Phi) is 16.7. The molecule has 0 atom stereocenters. The molecule has 286 valence electrons. The Morgan fingerprint density at radius 3 is 1.29 bits per heavy atom. The molecule has 10 heteroatoms. The van der Waals surface area contributed by atoms with Crippen molar-refractivity contribution in [1.29, 1.82) is 0 Å². The minimum absolute atomic E-state index is 0.0911. The molecule has 4 rings (SSSR count). The maximum atomic E-state index is 13.1. The molecular formula is C42H60N2O6S2. The molecule has 1 aromatic heterocycles. The zero-order valence-corrected chi connectivity index (χ0v) is 33.1. The number of sulfone groups is 2. The molecule has 2 aromatic carbocycles. The molecular weight excluding hydrogens is 693 g/mol. The number of aliphatic imine (C=N–C) groups is 1. The largest absolute Gasteiger partial charge is 0.494 e. The summed E-state index contributed by atoms with van der Waals surface area (Å²) in [6.45, 7) is 4.43. The molecule has 0 bridgehead atoms. The normalized spacial score (nSPS) is 13.1. The Morgan fingerprint density at radius 1 is 0.519 bits per heavy atom. The lowest BCUT2D eigenvalue weighted by Crippen LogP contribution is -2.08. The van der Waals surface area contributed by atoms with Crippen LogP contribution in [0.25, 0.3) is 11.3 Å². The van der Waals surface area contributed by atoms with Crippen molar-refractivity contribution < 1.29 is 26.7 Å². The zero-order valence-electron chi connectivity index (χ0n) is 31.4. The fourth-order valence-electron chi connectivity index (χ4n) is 7.01. The highest BCUT2D eigenvalue weighted by molar-refractivity contribution is 7.91. The van der Waals surface area contributed by atoms with E-state index in [9.17, 15) is 26.7 Å². The highest BCUT2D eigenvalue weighted by Gasteiger charge is 2.33. The van der Waals surface area contributed by atoms with Gasteiger partial charge >= 0.3 is 0 Å².